The summed E-state index contributed by atoms with van der Waals surface area (Å²) in [5.41, 5.74) is 8.11. The van der Waals surface area contributed by atoms with Crippen molar-refractivity contribution in [2.75, 3.05) is 0 Å². The Labute approximate surface area is 261 Å². The molecule has 7 rings (SSSR count). The predicted molar refractivity (Wildman–Crippen MR) is 173 cm³/mol. The largest absolute Gasteiger partial charge is 0.457 e. The summed E-state index contributed by atoms with van der Waals surface area (Å²) in [7, 11) is -1.50. The number of furan rings is 1. The number of benzene rings is 4. The molecule has 0 aliphatic rings. The van der Waals surface area contributed by atoms with E-state index >= 15 is 0 Å². The second-order valence-electron chi connectivity index (χ2n) is 10.9. The van der Waals surface area contributed by atoms with Crippen molar-refractivity contribution in [3.8, 4) is 33.6 Å². The van der Waals surface area contributed by atoms with Crippen molar-refractivity contribution in [1.29, 1.82) is 0 Å². The molecule has 3 aromatic heterocycles. The van der Waals surface area contributed by atoms with Gasteiger partial charge < -0.3 is 14.4 Å². The number of rotatable bonds is 4. The zero-order chi connectivity index (χ0) is 28.2. The van der Waals surface area contributed by atoms with Gasteiger partial charge in [0.2, 0.25) is 0 Å². The van der Waals surface area contributed by atoms with Crippen LogP contribution in [0.5, 0.6) is 0 Å². The summed E-state index contributed by atoms with van der Waals surface area (Å²) >= 11 is 0. The van der Waals surface area contributed by atoms with E-state index in [1.165, 1.54) is 10.8 Å². The number of nitrogens with zero attached hydrogens (tertiary/aromatic N) is 2. The van der Waals surface area contributed by atoms with E-state index < -0.39 is 8.07 Å². The molecule has 209 valence electrons. The van der Waals surface area contributed by atoms with Crippen molar-refractivity contribution < 1.29 is 24.5 Å². The molecule has 0 spiro atoms. The maximum Gasteiger partial charge on any atom is 0.134 e. The van der Waals surface area contributed by atoms with E-state index in [-0.39, 0.29) is 20.1 Å². The molecular formula is C37H30IrN2OSi-2. The molecule has 0 saturated carbocycles. The number of pyridine rings is 2. The molecule has 5 heteroatoms. The molecule has 0 fully saturated rings. The van der Waals surface area contributed by atoms with Crippen LogP contribution < -0.4 is 5.19 Å². The zero-order valence-electron chi connectivity index (χ0n) is 23.8. The molecule has 4 aromatic carbocycles. The van der Waals surface area contributed by atoms with Crippen LogP contribution in [-0.4, -0.2) is 18.0 Å². The van der Waals surface area contributed by atoms with Gasteiger partial charge >= 0.3 is 0 Å². The van der Waals surface area contributed by atoms with Crippen molar-refractivity contribution in [3.05, 3.63) is 140 Å². The second kappa shape index (κ2) is 12.8. The first-order valence-corrected chi connectivity index (χ1v) is 17.2. The Morgan fingerprint density at radius 1 is 0.619 bits per heavy atom. The van der Waals surface area contributed by atoms with Crippen LogP contribution in [0.1, 0.15) is 0 Å². The Hall–Kier alpha value is -4.15. The van der Waals surface area contributed by atoms with E-state index in [1.54, 1.807) is 6.20 Å². The predicted octanol–water partition coefficient (Wildman–Crippen LogP) is 9.21. The fraction of sp³-hybridized carbons (Fsp3) is 0.0811. The van der Waals surface area contributed by atoms with Gasteiger partial charge in [-0.15, -0.1) is 71.3 Å². The number of aromatic nitrogens is 2. The SMILES string of the molecule is C[Si](C)(C)c1cccc2c1oc1cc(-c3[c-]ccc(-c4ccccc4)c3)ncc12.[Ir].[c-]1ccccc1-c1ccccn1. The Morgan fingerprint density at radius 3 is 2.14 bits per heavy atom. The number of fused-ring (bicyclic) bond motifs is 3. The molecule has 1 radical (unpaired) electrons. The van der Waals surface area contributed by atoms with Gasteiger partial charge in [-0.2, -0.15) is 0 Å². The molecular weight excluding hydrogens is 709 g/mol. The Balaban J connectivity index is 0.000000228. The quantitative estimate of drug-likeness (QED) is 0.134. The minimum Gasteiger partial charge on any atom is -0.457 e. The first-order valence-electron chi connectivity index (χ1n) is 13.7. The molecule has 0 saturated heterocycles. The van der Waals surface area contributed by atoms with E-state index in [0.29, 0.717) is 0 Å². The van der Waals surface area contributed by atoms with Gasteiger partial charge in [-0.3, -0.25) is 0 Å². The van der Waals surface area contributed by atoms with Gasteiger partial charge in [-0.25, -0.2) is 0 Å². The van der Waals surface area contributed by atoms with Crippen LogP contribution in [-0.2, 0) is 20.1 Å². The summed E-state index contributed by atoms with van der Waals surface area (Å²) in [6.07, 6.45) is 3.73. The monoisotopic (exact) mass is 739 g/mol. The number of para-hydroxylation sites is 1. The van der Waals surface area contributed by atoms with E-state index in [4.69, 9.17) is 9.40 Å². The van der Waals surface area contributed by atoms with Crippen LogP contribution in [0, 0.1) is 12.1 Å². The van der Waals surface area contributed by atoms with Crippen molar-refractivity contribution in [3.63, 3.8) is 0 Å². The Bertz CT molecular complexity index is 1880. The fourth-order valence-electron chi connectivity index (χ4n) is 4.93. The van der Waals surface area contributed by atoms with Gasteiger partial charge in [0, 0.05) is 43.3 Å². The zero-order valence-corrected chi connectivity index (χ0v) is 27.2. The van der Waals surface area contributed by atoms with Crippen LogP contribution in [0.3, 0.4) is 0 Å². The molecule has 0 aliphatic heterocycles. The van der Waals surface area contributed by atoms with Crippen LogP contribution in [0.4, 0.5) is 0 Å². The summed E-state index contributed by atoms with van der Waals surface area (Å²) in [6.45, 7) is 7.05. The second-order valence-corrected chi connectivity index (χ2v) is 16.0. The summed E-state index contributed by atoms with van der Waals surface area (Å²) < 4.78 is 6.37. The molecule has 0 unspecified atom stereocenters. The molecule has 0 atom stereocenters. The molecule has 7 aromatic rings. The van der Waals surface area contributed by atoms with Gasteiger partial charge in [0.25, 0.3) is 0 Å². The Kier molecular flexibility index (Phi) is 8.93. The van der Waals surface area contributed by atoms with Crippen LogP contribution in [0.2, 0.25) is 19.6 Å². The van der Waals surface area contributed by atoms with Crippen molar-refractivity contribution >= 4 is 35.2 Å². The Morgan fingerprint density at radius 2 is 1.40 bits per heavy atom. The van der Waals surface area contributed by atoms with E-state index in [1.807, 2.05) is 66.9 Å². The molecule has 0 bridgehead atoms. The van der Waals surface area contributed by atoms with Crippen molar-refractivity contribution in [1.82, 2.24) is 9.97 Å². The summed E-state index contributed by atoms with van der Waals surface area (Å²) in [5.74, 6) is 0. The van der Waals surface area contributed by atoms with Crippen LogP contribution in [0.15, 0.2) is 132 Å². The standard InChI is InChI=1S/C26H22NOSi.C11H8N.Ir/c1-29(2,3)25-14-8-13-21-22-17-27-23(16-24(22)28-26(21)25)20-12-7-11-19(15-20)18-9-5-4-6-10-18;1-2-6-10(7-3-1)11-8-4-5-9-12-11;/h4-11,13-17H,1-3H3;1-6,8-9H;/q2*-1;. The van der Waals surface area contributed by atoms with E-state index in [9.17, 15) is 0 Å². The average Bonchev–Trinajstić information content (AvgIpc) is 3.40. The summed E-state index contributed by atoms with van der Waals surface area (Å²) in [5, 5.41) is 3.58. The normalized spacial score (nSPS) is 11.0. The maximum atomic E-state index is 6.37. The molecule has 0 aliphatic carbocycles. The third-order valence-corrected chi connectivity index (χ3v) is 9.04. The summed E-state index contributed by atoms with van der Waals surface area (Å²) in [4.78, 5) is 8.96. The smallest absolute Gasteiger partial charge is 0.134 e. The first-order chi connectivity index (χ1) is 20.0. The fourth-order valence-corrected chi connectivity index (χ4v) is 6.39. The topological polar surface area (TPSA) is 38.9 Å². The first kappa shape index (κ1) is 29.3. The third kappa shape index (κ3) is 6.34. The molecule has 0 N–H and O–H groups in total. The third-order valence-electron chi connectivity index (χ3n) is 7.03. The van der Waals surface area contributed by atoms with E-state index in [2.05, 4.69) is 91.4 Å². The van der Waals surface area contributed by atoms with Gasteiger partial charge in [-0.05, 0) is 34.3 Å². The minimum atomic E-state index is -1.50. The molecule has 42 heavy (non-hydrogen) atoms. The molecule has 0 amide bonds. The average molecular weight is 739 g/mol. The van der Waals surface area contributed by atoms with Gasteiger partial charge in [0.1, 0.15) is 11.2 Å². The van der Waals surface area contributed by atoms with Crippen molar-refractivity contribution in [2.45, 2.75) is 19.6 Å². The van der Waals surface area contributed by atoms with Gasteiger partial charge in [-0.1, -0.05) is 80.3 Å². The van der Waals surface area contributed by atoms with Crippen LogP contribution >= 0.6 is 0 Å². The summed E-state index contributed by atoms with van der Waals surface area (Å²) in [6, 6.07) is 45.2. The van der Waals surface area contributed by atoms with Crippen LogP contribution in [0.25, 0.3) is 55.6 Å². The minimum absolute atomic E-state index is 0. The number of hydrogen-bond donors (Lipinski definition) is 0. The maximum absolute atomic E-state index is 6.37. The molecule has 3 heterocycles. The van der Waals surface area contributed by atoms with Gasteiger partial charge in [0.05, 0.1) is 8.07 Å². The van der Waals surface area contributed by atoms with E-state index in [0.717, 1.165) is 50.0 Å². The van der Waals surface area contributed by atoms with Crippen molar-refractivity contribution in [2.24, 2.45) is 0 Å². The van der Waals surface area contributed by atoms with Gasteiger partial charge in [0.15, 0.2) is 0 Å². The number of hydrogen-bond acceptors (Lipinski definition) is 3. The molecule has 3 nitrogen and oxygen atoms in total.